The van der Waals surface area contributed by atoms with Crippen LogP contribution < -0.4 is 5.32 Å². The lowest BCUT2D eigenvalue weighted by atomic mass is 10.1. The van der Waals surface area contributed by atoms with E-state index in [-0.39, 0.29) is 0 Å². The zero-order valence-corrected chi connectivity index (χ0v) is 11.4. The Balaban J connectivity index is 2.16. The first-order valence-electron chi connectivity index (χ1n) is 6.52. The highest BCUT2D eigenvalue weighted by atomic mass is 15.3. The smallest absolute Gasteiger partial charge is 0.0677 e. The van der Waals surface area contributed by atoms with Crippen LogP contribution in [-0.2, 0) is 6.54 Å². The fraction of sp³-hybridized carbons (Fsp3) is 0.400. The minimum Gasteiger partial charge on any atom is -0.313 e. The number of nitrogens with zero attached hydrogens (tertiary/aromatic N) is 2. The van der Waals surface area contributed by atoms with Gasteiger partial charge >= 0.3 is 0 Å². The molecule has 0 aliphatic carbocycles. The zero-order chi connectivity index (χ0) is 13.0. The van der Waals surface area contributed by atoms with Crippen molar-refractivity contribution in [1.29, 1.82) is 0 Å². The zero-order valence-electron chi connectivity index (χ0n) is 11.4. The number of aryl methyl sites for hydroxylation is 2. The third-order valence-electron chi connectivity index (χ3n) is 3.00. The van der Waals surface area contributed by atoms with E-state index in [9.17, 15) is 0 Å². The molecular formula is C15H21N3. The van der Waals surface area contributed by atoms with Gasteiger partial charge in [0.1, 0.15) is 0 Å². The SMILES string of the molecule is CCCNCc1cnn(-c2cc(C)ccc2C)c1. The maximum Gasteiger partial charge on any atom is 0.0677 e. The maximum atomic E-state index is 4.44. The fourth-order valence-electron chi connectivity index (χ4n) is 1.96. The molecule has 0 bridgehead atoms. The summed E-state index contributed by atoms with van der Waals surface area (Å²) in [5.41, 5.74) is 4.90. The summed E-state index contributed by atoms with van der Waals surface area (Å²) in [6.07, 6.45) is 5.19. The van der Waals surface area contributed by atoms with Crippen LogP contribution in [0.5, 0.6) is 0 Å². The van der Waals surface area contributed by atoms with Crippen LogP contribution in [0.25, 0.3) is 5.69 Å². The van der Waals surface area contributed by atoms with E-state index in [1.54, 1.807) is 0 Å². The molecule has 0 spiro atoms. The van der Waals surface area contributed by atoms with E-state index in [1.165, 1.54) is 16.7 Å². The topological polar surface area (TPSA) is 29.9 Å². The summed E-state index contributed by atoms with van der Waals surface area (Å²) in [7, 11) is 0. The van der Waals surface area contributed by atoms with Crippen molar-refractivity contribution in [3.8, 4) is 5.69 Å². The van der Waals surface area contributed by atoms with E-state index in [1.807, 2.05) is 10.9 Å². The second-order valence-corrected chi connectivity index (χ2v) is 4.76. The van der Waals surface area contributed by atoms with Gasteiger partial charge in [-0.1, -0.05) is 19.1 Å². The van der Waals surface area contributed by atoms with E-state index in [2.05, 4.69) is 55.6 Å². The van der Waals surface area contributed by atoms with Crippen molar-refractivity contribution in [2.24, 2.45) is 0 Å². The molecule has 0 atom stereocenters. The first kappa shape index (κ1) is 12.8. The molecule has 1 N–H and O–H groups in total. The van der Waals surface area contributed by atoms with Gasteiger partial charge in [0.2, 0.25) is 0 Å². The second kappa shape index (κ2) is 5.83. The highest BCUT2D eigenvalue weighted by Crippen LogP contribution is 2.15. The molecule has 2 aromatic rings. The quantitative estimate of drug-likeness (QED) is 0.818. The molecule has 0 fully saturated rings. The molecule has 18 heavy (non-hydrogen) atoms. The summed E-state index contributed by atoms with van der Waals surface area (Å²) in [4.78, 5) is 0. The lowest BCUT2D eigenvalue weighted by Crippen LogP contribution is -2.13. The van der Waals surface area contributed by atoms with Gasteiger partial charge in [0.15, 0.2) is 0 Å². The van der Waals surface area contributed by atoms with E-state index in [0.29, 0.717) is 0 Å². The molecule has 0 aliphatic rings. The second-order valence-electron chi connectivity index (χ2n) is 4.76. The monoisotopic (exact) mass is 243 g/mol. The largest absolute Gasteiger partial charge is 0.313 e. The number of hydrogen-bond acceptors (Lipinski definition) is 2. The van der Waals surface area contributed by atoms with Gasteiger partial charge in [0.05, 0.1) is 11.9 Å². The molecule has 0 amide bonds. The van der Waals surface area contributed by atoms with Gasteiger partial charge in [-0.2, -0.15) is 5.10 Å². The van der Waals surface area contributed by atoms with Crippen LogP contribution >= 0.6 is 0 Å². The molecule has 3 nitrogen and oxygen atoms in total. The van der Waals surface area contributed by atoms with Gasteiger partial charge in [-0.15, -0.1) is 0 Å². The molecule has 0 saturated heterocycles. The molecule has 1 aromatic heterocycles. The standard InChI is InChI=1S/C15H21N3/c1-4-7-16-9-14-10-17-18(11-14)15-8-12(2)5-6-13(15)3/h5-6,8,10-11,16H,4,7,9H2,1-3H3. The van der Waals surface area contributed by atoms with Crippen LogP contribution in [-0.4, -0.2) is 16.3 Å². The van der Waals surface area contributed by atoms with Crippen LogP contribution in [0.4, 0.5) is 0 Å². The summed E-state index contributed by atoms with van der Waals surface area (Å²) < 4.78 is 1.96. The first-order chi connectivity index (χ1) is 8.70. The Hall–Kier alpha value is -1.61. The predicted molar refractivity (Wildman–Crippen MR) is 75.0 cm³/mol. The van der Waals surface area contributed by atoms with Crippen LogP contribution in [0.3, 0.4) is 0 Å². The Kier molecular flexibility index (Phi) is 4.15. The Bertz CT molecular complexity index is 514. The molecule has 1 aromatic carbocycles. The third kappa shape index (κ3) is 2.99. The highest BCUT2D eigenvalue weighted by molar-refractivity contribution is 5.42. The fourth-order valence-corrected chi connectivity index (χ4v) is 1.96. The molecule has 1 heterocycles. The van der Waals surface area contributed by atoms with E-state index in [0.717, 1.165) is 25.2 Å². The number of nitrogens with one attached hydrogen (secondary N) is 1. The number of aromatic nitrogens is 2. The lowest BCUT2D eigenvalue weighted by molar-refractivity contribution is 0.675. The summed E-state index contributed by atoms with van der Waals surface area (Å²) in [6, 6.07) is 6.44. The van der Waals surface area contributed by atoms with Crippen LogP contribution in [0.15, 0.2) is 30.6 Å². The number of rotatable bonds is 5. The normalized spacial score (nSPS) is 10.8. The van der Waals surface area contributed by atoms with Gasteiger partial charge < -0.3 is 5.32 Å². The maximum absolute atomic E-state index is 4.44. The van der Waals surface area contributed by atoms with E-state index >= 15 is 0 Å². The molecule has 3 heteroatoms. The van der Waals surface area contributed by atoms with Crippen LogP contribution in [0, 0.1) is 13.8 Å². The van der Waals surface area contributed by atoms with Gasteiger partial charge in [-0.3, -0.25) is 0 Å². The van der Waals surface area contributed by atoms with Gasteiger partial charge in [-0.05, 0) is 44.0 Å². The molecule has 0 saturated carbocycles. The lowest BCUT2D eigenvalue weighted by Gasteiger charge is -2.06. The van der Waals surface area contributed by atoms with Crippen molar-refractivity contribution < 1.29 is 0 Å². The van der Waals surface area contributed by atoms with Crippen LogP contribution in [0.2, 0.25) is 0 Å². The molecule has 0 radical (unpaired) electrons. The van der Waals surface area contributed by atoms with Gasteiger partial charge in [-0.25, -0.2) is 4.68 Å². The molecule has 0 aliphatic heterocycles. The third-order valence-corrected chi connectivity index (χ3v) is 3.00. The Morgan fingerprint density at radius 2 is 2.11 bits per heavy atom. The number of benzene rings is 1. The summed E-state index contributed by atoms with van der Waals surface area (Å²) in [5, 5.41) is 7.83. The highest BCUT2D eigenvalue weighted by Gasteiger charge is 2.04. The van der Waals surface area contributed by atoms with Crippen molar-refractivity contribution >= 4 is 0 Å². The minimum atomic E-state index is 0.888. The van der Waals surface area contributed by atoms with Crippen molar-refractivity contribution in [2.45, 2.75) is 33.7 Å². The van der Waals surface area contributed by atoms with E-state index in [4.69, 9.17) is 0 Å². The van der Waals surface area contributed by atoms with E-state index < -0.39 is 0 Å². The minimum absolute atomic E-state index is 0.888. The van der Waals surface area contributed by atoms with Crippen molar-refractivity contribution in [1.82, 2.24) is 15.1 Å². The summed E-state index contributed by atoms with van der Waals surface area (Å²) in [5.74, 6) is 0. The Morgan fingerprint density at radius 3 is 2.89 bits per heavy atom. The predicted octanol–water partition coefficient (Wildman–Crippen LogP) is 2.99. The van der Waals surface area contributed by atoms with Crippen molar-refractivity contribution in [2.75, 3.05) is 6.54 Å². The average Bonchev–Trinajstić information content (AvgIpc) is 2.81. The van der Waals surface area contributed by atoms with Crippen molar-refractivity contribution in [3.05, 3.63) is 47.3 Å². The molecule has 96 valence electrons. The number of hydrogen-bond donors (Lipinski definition) is 1. The Morgan fingerprint density at radius 1 is 1.28 bits per heavy atom. The van der Waals surface area contributed by atoms with Crippen molar-refractivity contribution in [3.63, 3.8) is 0 Å². The average molecular weight is 243 g/mol. The van der Waals surface area contributed by atoms with Crippen LogP contribution in [0.1, 0.15) is 30.0 Å². The summed E-state index contributed by atoms with van der Waals surface area (Å²) >= 11 is 0. The molecule has 0 unspecified atom stereocenters. The molecule has 2 rings (SSSR count). The molecular weight excluding hydrogens is 222 g/mol. The van der Waals surface area contributed by atoms with Gasteiger partial charge in [0.25, 0.3) is 0 Å². The van der Waals surface area contributed by atoms with Gasteiger partial charge in [0, 0.05) is 18.3 Å². The Labute approximate surface area is 109 Å². The first-order valence-corrected chi connectivity index (χ1v) is 6.52. The summed E-state index contributed by atoms with van der Waals surface area (Å²) in [6.45, 7) is 8.33.